The summed E-state index contributed by atoms with van der Waals surface area (Å²) in [5, 5.41) is 3.20. The topological polar surface area (TPSA) is 50.4 Å². The van der Waals surface area contributed by atoms with E-state index in [9.17, 15) is 8.78 Å². The third-order valence-electron chi connectivity index (χ3n) is 3.64. The molecule has 0 atom stereocenters. The van der Waals surface area contributed by atoms with Crippen LogP contribution in [0, 0.1) is 11.6 Å². The lowest BCUT2D eigenvalue weighted by Crippen LogP contribution is -2.41. The van der Waals surface area contributed by atoms with Crippen molar-refractivity contribution >= 4 is 29.9 Å². The average molecular weight is 409 g/mol. The molecule has 0 radical (unpaired) electrons. The first-order valence-electron chi connectivity index (χ1n) is 7.15. The fourth-order valence-electron chi connectivity index (χ4n) is 2.52. The second kappa shape index (κ2) is 9.17. The molecule has 0 heterocycles. The van der Waals surface area contributed by atoms with Crippen LogP contribution >= 0.6 is 24.0 Å². The number of nitrogens with zero attached hydrogens (tertiary/aromatic N) is 1. The molecular weight excluding hydrogens is 387 g/mol. The number of hydrogen-bond donors (Lipinski definition) is 2. The zero-order valence-corrected chi connectivity index (χ0v) is 14.3. The summed E-state index contributed by atoms with van der Waals surface area (Å²) in [5.74, 6) is -0.674. The van der Waals surface area contributed by atoms with Gasteiger partial charge < -0.3 is 11.1 Å². The van der Waals surface area contributed by atoms with Gasteiger partial charge in [-0.15, -0.1) is 24.0 Å². The van der Waals surface area contributed by atoms with E-state index >= 15 is 0 Å². The van der Waals surface area contributed by atoms with Gasteiger partial charge in [-0.05, 0) is 30.9 Å². The van der Waals surface area contributed by atoms with Crippen molar-refractivity contribution in [1.29, 1.82) is 0 Å². The first-order valence-corrected chi connectivity index (χ1v) is 7.15. The molecule has 0 aromatic heterocycles. The Labute approximate surface area is 141 Å². The van der Waals surface area contributed by atoms with Crippen LogP contribution in [0.2, 0.25) is 0 Å². The number of guanidine groups is 1. The van der Waals surface area contributed by atoms with Gasteiger partial charge in [0.1, 0.15) is 11.6 Å². The summed E-state index contributed by atoms with van der Waals surface area (Å²) in [6.07, 6.45) is 6.42. The normalized spacial score (nSPS) is 16.4. The summed E-state index contributed by atoms with van der Waals surface area (Å²) in [5.41, 5.74) is 6.27. The Morgan fingerprint density at radius 1 is 1.24 bits per heavy atom. The molecule has 1 aliphatic carbocycles. The van der Waals surface area contributed by atoms with E-state index in [4.69, 9.17) is 5.73 Å². The van der Waals surface area contributed by atoms with Crippen molar-refractivity contribution in [2.75, 3.05) is 6.54 Å². The quantitative estimate of drug-likeness (QED) is 0.455. The average Bonchev–Trinajstić information content (AvgIpc) is 2.42. The smallest absolute Gasteiger partial charge is 0.188 e. The zero-order chi connectivity index (χ0) is 14.4. The molecule has 118 valence electrons. The summed E-state index contributed by atoms with van der Waals surface area (Å²) < 4.78 is 26.2. The van der Waals surface area contributed by atoms with Gasteiger partial charge in [-0.1, -0.05) is 25.3 Å². The fourth-order valence-corrected chi connectivity index (χ4v) is 2.52. The Hall–Kier alpha value is -0.920. The molecule has 0 spiro atoms. The largest absolute Gasteiger partial charge is 0.370 e. The van der Waals surface area contributed by atoms with Crippen LogP contribution in [-0.2, 0) is 6.42 Å². The predicted molar refractivity (Wildman–Crippen MR) is 92.0 cm³/mol. The molecule has 0 unspecified atom stereocenters. The molecule has 1 aromatic carbocycles. The number of hydrogen-bond acceptors (Lipinski definition) is 1. The molecule has 0 aliphatic heterocycles. The van der Waals surface area contributed by atoms with Gasteiger partial charge in [0, 0.05) is 18.7 Å². The highest BCUT2D eigenvalue weighted by molar-refractivity contribution is 14.0. The predicted octanol–water partition coefficient (Wildman–Crippen LogP) is 3.36. The minimum atomic E-state index is -0.562. The maximum Gasteiger partial charge on any atom is 0.188 e. The third-order valence-corrected chi connectivity index (χ3v) is 3.64. The first kappa shape index (κ1) is 18.1. The van der Waals surface area contributed by atoms with E-state index in [0.717, 1.165) is 18.9 Å². The van der Waals surface area contributed by atoms with Gasteiger partial charge in [-0.2, -0.15) is 0 Å². The number of nitrogens with two attached hydrogens (primary N) is 1. The summed E-state index contributed by atoms with van der Waals surface area (Å²) in [4.78, 5) is 4.20. The second-order valence-corrected chi connectivity index (χ2v) is 5.23. The highest BCUT2D eigenvalue weighted by Gasteiger charge is 2.13. The molecule has 1 aromatic rings. The van der Waals surface area contributed by atoms with Crippen LogP contribution in [0.3, 0.4) is 0 Å². The number of aliphatic imine (C=N–C) groups is 1. The Morgan fingerprint density at radius 2 is 1.95 bits per heavy atom. The highest BCUT2D eigenvalue weighted by atomic mass is 127. The molecule has 3 N–H and O–H groups in total. The van der Waals surface area contributed by atoms with Crippen LogP contribution in [0.15, 0.2) is 23.2 Å². The van der Waals surface area contributed by atoms with Crippen molar-refractivity contribution in [2.45, 2.75) is 44.6 Å². The van der Waals surface area contributed by atoms with Crippen LogP contribution in [0.1, 0.15) is 37.7 Å². The van der Waals surface area contributed by atoms with Crippen molar-refractivity contribution in [3.8, 4) is 0 Å². The lowest BCUT2D eigenvalue weighted by molar-refractivity contribution is 0.412. The minimum absolute atomic E-state index is 0. The van der Waals surface area contributed by atoms with Gasteiger partial charge in [0.05, 0.1) is 0 Å². The number of halogens is 3. The Bertz CT molecular complexity index is 474. The van der Waals surface area contributed by atoms with Crippen LogP contribution in [0.5, 0.6) is 0 Å². The maximum atomic E-state index is 13.4. The molecule has 21 heavy (non-hydrogen) atoms. The minimum Gasteiger partial charge on any atom is -0.370 e. The molecule has 6 heteroatoms. The van der Waals surface area contributed by atoms with Gasteiger partial charge in [0.25, 0.3) is 0 Å². The van der Waals surface area contributed by atoms with Crippen molar-refractivity contribution in [2.24, 2.45) is 10.7 Å². The van der Waals surface area contributed by atoms with Gasteiger partial charge in [-0.3, -0.25) is 4.99 Å². The monoisotopic (exact) mass is 409 g/mol. The van der Waals surface area contributed by atoms with E-state index < -0.39 is 11.6 Å². The molecule has 0 saturated heterocycles. The van der Waals surface area contributed by atoms with Gasteiger partial charge in [0.15, 0.2) is 5.96 Å². The number of nitrogens with one attached hydrogen (secondary N) is 1. The highest BCUT2D eigenvalue weighted by Crippen LogP contribution is 2.17. The first-order chi connectivity index (χ1) is 9.65. The van der Waals surface area contributed by atoms with Crippen LogP contribution in [0.25, 0.3) is 0 Å². The summed E-state index contributed by atoms with van der Waals surface area (Å²) in [6.45, 7) is 0.397. The van der Waals surface area contributed by atoms with E-state index in [0.29, 0.717) is 30.5 Å². The van der Waals surface area contributed by atoms with Crippen LogP contribution in [0.4, 0.5) is 8.78 Å². The SMILES string of the molecule is I.NC(=NCCc1ccc(F)cc1F)NC1CCCCC1. The van der Waals surface area contributed by atoms with Crippen molar-refractivity contribution in [1.82, 2.24) is 5.32 Å². The lowest BCUT2D eigenvalue weighted by Gasteiger charge is -2.23. The summed E-state index contributed by atoms with van der Waals surface area (Å²) >= 11 is 0. The van der Waals surface area contributed by atoms with Gasteiger partial charge >= 0.3 is 0 Å². The standard InChI is InChI=1S/C15H21F2N3.HI/c16-12-7-6-11(14(17)10-12)8-9-19-15(18)20-13-4-2-1-3-5-13;/h6-7,10,13H,1-5,8-9H2,(H3,18,19,20);1H. The summed E-state index contributed by atoms with van der Waals surface area (Å²) in [6, 6.07) is 4.01. The second-order valence-electron chi connectivity index (χ2n) is 5.23. The molecular formula is C15H22F2IN3. The van der Waals surface area contributed by atoms with Gasteiger partial charge in [-0.25, -0.2) is 8.78 Å². The third kappa shape index (κ3) is 6.15. The molecule has 1 saturated carbocycles. The number of benzene rings is 1. The van der Waals surface area contributed by atoms with Gasteiger partial charge in [0.2, 0.25) is 0 Å². The van der Waals surface area contributed by atoms with E-state index in [1.54, 1.807) is 0 Å². The van der Waals surface area contributed by atoms with Crippen molar-refractivity contribution in [3.63, 3.8) is 0 Å². The summed E-state index contributed by atoms with van der Waals surface area (Å²) in [7, 11) is 0. The van der Waals surface area contributed by atoms with Crippen LogP contribution < -0.4 is 11.1 Å². The van der Waals surface area contributed by atoms with Crippen LogP contribution in [-0.4, -0.2) is 18.5 Å². The molecule has 0 bridgehead atoms. The number of rotatable bonds is 4. The van der Waals surface area contributed by atoms with Crippen molar-refractivity contribution in [3.05, 3.63) is 35.4 Å². The molecule has 0 amide bonds. The van der Waals surface area contributed by atoms with E-state index in [-0.39, 0.29) is 24.0 Å². The van der Waals surface area contributed by atoms with E-state index in [1.165, 1.54) is 31.4 Å². The molecule has 1 aliphatic rings. The maximum absolute atomic E-state index is 13.4. The van der Waals surface area contributed by atoms with Crippen molar-refractivity contribution < 1.29 is 8.78 Å². The molecule has 3 nitrogen and oxygen atoms in total. The van der Waals surface area contributed by atoms with E-state index in [1.807, 2.05) is 0 Å². The van der Waals surface area contributed by atoms with E-state index in [2.05, 4.69) is 10.3 Å². The Morgan fingerprint density at radius 3 is 2.62 bits per heavy atom. The lowest BCUT2D eigenvalue weighted by atomic mass is 9.96. The Kier molecular flexibility index (Phi) is 7.92. The molecule has 1 fully saturated rings. The zero-order valence-electron chi connectivity index (χ0n) is 11.9. The fraction of sp³-hybridized carbons (Fsp3) is 0.533. The Balaban J connectivity index is 0.00000220. The molecule has 2 rings (SSSR count).